The molecule has 0 radical (unpaired) electrons. The minimum absolute atomic E-state index is 0.161. The molecule has 0 bridgehead atoms. The summed E-state index contributed by atoms with van der Waals surface area (Å²) in [5, 5.41) is 3.26. The molecule has 0 amide bonds. The van der Waals surface area contributed by atoms with Crippen molar-refractivity contribution in [3.63, 3.8) is 0 Å². The fraction of sp³-hybridized carbons (Fsp3) is 0.571. The summed E-state index contributed by atoms with van der Waals surface area (Å²) in [5.41, 5.74) is 1.61. The first-order valence-corrected chi connectivity index (χ1v) is 8.20. The molecule has 0 saturated heterocycles. The van der Waals surface area contributed by atoms with Gasteiger partial charge in [0.1, 0.15) is 0 Å². The van der Waals surface area contributed by atoms with Crippen LogP contribution >= 0.6 is 0 Å². The number of hydrogen-bond donors (Lipinski definition) is 1. The average molecular weight is 282 g/mol. The third-order valence-electron chi connectivity index (χ3n) is 3.02. The molecule has 1 heterocycles. The standard InChI is InChI=1S/C14H22N2O2S/c1-14(2,3)11-19(17,18)16-9-8-15-10-12-6-4-5-7-13(12)16/h4-7,15H,8-11H2,1-3H3. The van der Waals surface area contributed by atoms with Crippen LogP contribution < -0.4 is 9.62 Å². The predicted molar refractivity (Wildman–Crippen MR) is 78.7 cm³/mol. The van der Waals surface area contributed by atoms with Gasteiger partial charge in [-0.2, -0.15) is 0 Å². The van der Waals surface area contributed by atoms with Crippen molar-refractivity contribution in [3.8, 4) is 0 Å². The quantitative estimate of drug-likeness (QED) is 0.902. The molecule has 1 N–H and O–H groups in total. The smallest absolute Gasteiger partial charge is 0.235 e. The fourth-order valence-electron chi connectivity index (χ4n) is 2.34. The van der Waals surface area contributed by atoms with Crippen LogP contribution in [0.2, 0.25) is 0 Å². The average Bonchev–Trinajstić information content (AvgIpc) is 2.47. The summed E-state index contributed by atoms with van der Waals surface area (Å²) >= 11 is 0. The van der Waals surface area contributed by atoms with Crippen molar-refractivity contribution in [1.82, 2.24) is 5.32 Å². The molecule has 0 aliphatic carbocycles. The number of para-hydroxylation sites is 1. The highest BCUT2D eigenvalue weighted by atomic mass is 32.2. The number of nitrogens with zero attached hydrogens (tertiary/aromatic N) is 1. The van der Waals surface area contributed by atoms with Crippen molar-refractivity contribution >= 4 is 15.7 Å². The third-order valence-corrected chi connectivity index (χ3v) is 5.30. The summed E-state index contributed by atoms with van der Waals surface area (Å²) in [4.78, 5) is 0. The Morgan fingerprint density at radius 1 is 1.26 bits per heavy atom. The monoisotopic (exact) mass is 282 g/mol. The zero-order chi connectivity index (χ0) is 14.1. The lowest BCUT2D eigenvalue weighted by Crippen LogP contribution is -2.39. The van der Waals surface area contributed by atoms with Gasteiger partial charge in [0.05, 0.1) is 11.4 Å². The van der Waals surface area contributed by atoms with Crippen LogP contribution in [0.3, 0.4) is 0 Å². The van der Waals surface area contributed by atoms with Gasteiger partial charge in [-0.25, -0.2) is 8.42 Å². The van der Waals surface area contributed by atoms with Crippen LogP contribution in [0.1, 0.15) is 26.3 Å². The SMILES string of the molecule is CC(C)(C)CS(=O)(=O)N1CCNCc2ccccc21. The maximum Gasteiger partial charge on any atom is 0.235 e. The van der Waals surface area contributed by atoms with E-state index >= 15 is 0 Å². The Labute approximate surface area is 115 Å². The minimum Gasteiger partial charge on any atom is -0.311 e. The Kier molecular flexibility index (Phi) is 3.87. The first kappa shape index (κ1) is 14.3. The topological polar surface area (TPSA) is 49.4 Å². The van der Waals surface area contributed by atoms with Gasteiger partial charge < -0.3 is 5.32 Å². The molecule has 0 saturated carbocycles. The summed E-state index contributed by atoms with van der Waals surface area (Å²) in [5.74, 6) is 0.161. The Bertz CT molecular complexity index is 547. The van der Waals surface area contributed by atoms with Crippen LogP contribution in [-0.2, 0) is 16.6 Å². The Morgan fingerprint density at radius 3 is 2.63 bits per heavy atom. The molecule has 0 atom stereocenters. The van der Waals surface area contributed by atoms with Crippen LogP contribution in [0.5, 0.6) is 0 Å². The number of anilines is 1. The molecule has 0 fully saturated rings. The van der Waals surface area contributed by atoms with Crippen LogP contribution in [0.25, 0.3) is 0 Å². The number of rotatable bonds is 2. The van der Waals surface area contributed by atoms with Crippen LogP contribution in [0, 0.1) is 5.41 Å². The zero-order valence-corrected chi connectivity index (χ0v) is 12.6. The highest BCUT2D eigenvalue weighted by molar-refractivity contribution is 7.92. The molecule has 1 aromatic rings. The Hall–Kier alpha value is -1.07. The van der Waals surface area contributed by atoms with Gasteiger partial charge in [0.2, 0.25) is 10.0 Å². The maximum atomic E-state index is 12.6. The van der Waals surface area contributed by atoms with Gasteiger partial charge in [-0.15, -0.1) is 0 Å². The molecule has 0 aromatic heterocycles. The van der Waals surface area contributed by atoms with E-state index in [1.165, 1.54) is 0 Å². The van der Waals surface area contributed by atoms with E-state index in [2.05, 4.69) is 5.32 Å². The fourth-order valence-corrected chi connectivity index (χ4v) is 4.44. The van der Waals surface area contributed by atoms with E-state index in [9.17, 15) is 8.42 Å². The molecule has 0 spiro atoms. The lowest BCUT2D eigenvalue weighted by molar-refractivity contribution is 0.460. The first-order chi connectivity index (χ1) is 8.80. The summed E-state index contributed by atoms with van der Waals surface area (Å²) < 4.78 is 26.8. The van der Waals surface area contributed by atoms with Crippen molar-refractivity contribution in [2.75, 3.05) is 23.1 Å². The molecule has 19 heavy (non-hydrogen) atoms. The van der Waals surface area contributed by atoms with Gasteiger partial charge in [-0.05, 0) is 17.0 Å². The normalized spacial score (nSPS) is 16.9. The molecule has 106 valence electrons. The van der Waals surface area contributed by atoms with Gasteiger partial charge in [0, 0.05) is 19.6 Å². The predicted octanol–water partition coefficient (Wildman–Crippen LogP) is 1.97. The van der Waals surface area contributed by atoms with E-state index in [0.29, 0.717) is 13.1 Å². The lowest BCUT2D eigenvalue weighted by atomic mass is 10.0. The molecular weight excluding hydrogens is 260 g/mol. The van der Waals surface area contributed by atoms with Gasteiger partial charge >= 0.3 is 0 Å². The van der Waals surface area contributed by atoms with Crippen molar-refractivity contribution in [2.45, 2.75) is 27.3 Å². The van der Waals surface area contributed by atoms with Crippen molar-refractivity contribution in [2.24, 2.45) is 5.41 Å². The number of sulfonamides is 1. The second-order valence-corrected chi connectivity index (χ2v) is 8.09. The molecule has 0 unspecified atom stereocenters. The third kappa shape index (κ3) is 3.48. The molecule has 1 aliphatic rings. The number of nitrogens with one attached hydrogen (secondary N) is 1. The van der Waals surface area contributed by atoms with E-state index < -0.39 is 10.0 Å². The maximum absolute atomic E-state index is 12.6. The van der Waals surface area contributed by atoms with Crippen molar-refractivity contribution < 1.29 is 8.42 Å². The van der Waals surface area contributed by atoms with Gasteiger partial charge in [-0.1, -0.05) is 39.0 Å². The zero-order valence-electron chi connectivity index (χ0n) is 11.8. The Morgan fingerprint density at radius 2 is 1.95 bits per heavy atom. The van der Waals surface area contributed by atoms with E-state index in [1.807, 2.05) is 45.0 Å². The van der Waals surface area contributed by atoms with E-state index in [0.717, 1.165) is 17.8 Å². The van der Waals surface area contributed by atoms with Crippen LogP contribution in [0.15, 0.2) is 24.3 Å². The second-order valence-electron chi connectivity index (χ2n) is 6.19. The summed E-state index contributed by atoms with van der Waals surface area (Å²) in [6.07, 6.45) is 0. The summed E-state index contributed by atoms with van der Waals surface area (Å²) in [6.45, 7) is 7.75. The Balaban J connectivity index is 2.39. The molecule has 4 nitrogen and oxygen atoms in total. The molecule has 2 rings (SSSR count). The second kappa shape index (κ2) is 5.13. The first-order valence-electron chi connectivity index (χ1n) is 6.59. The van der Waals surface area contributed by atoms with E-state index in [4.69, 9.17) is 0 Å². The largest absolute Gasteiger partial charge is 0.311 e. The number of hydrogen-bond acceptors (Lipinski definition) is 3. The summed E-state index contributed by atoms with van der Waals surface area (Å²) in [7, 11) is -3.28. The van der Waals surface area contributed by atoms with Crippen molar-refractivity contribution in [1.29, 1.82) is 0 Å². The molecule has 1 aliphatic heterocycles. The van der Waals surface area contributed by atoms with E-state index in [-0.39, 0.29) is 11.2 Å². The van der Waals surface area contributed by atoms with Crippen molar-refractivity contribution in [3.05, 3.63) is 29.8 Å². The highest BCUT2D eigenvalue weighted by Crippen LogP contribution is 2.27. The summed E-state index contributed by atoms with van der Waals surface area (Å²) in [6, 6.07) is 7.71. The lowest BCUT2D eigenvalue weighted by Gasteiger charge is -2.28. The van der Waals surface area contributed by atoms with Gasteiger partial charge in [0.25, 0.3) is 0 Å². The minimum atomic E-state index is -3.28. The van der Waals surface area contributed by atoms with Crippen LogP contribution in [0.4, 0.5) is 5.69 Å². The molecular formula is C14H22N2O2S. The number of benzene rings is 1. The highest BCUT2D eigenvalue weighted by Gasteiger charge is 2.30. The molecule has 5 heteroatoms. The van der Waals surface area contributed by atoms with Crippen LogP contribution in [-0.4, -0.2) is 27.3 Å². The van der Waals surface area contributed by atoms with Gasteiger partial charge in [-0.3, -0.25) is 4.31 Å². The van der Waals surface area contributed by atoms with E-state index in [1.54, 1.807) is 4.31 Å². The number of fused-ring (bicyclic) bond motifs is 1. The van der Waals surface area contributed by atoms with Gasteiger partial charge in [0.15, 0.2) is 0 Å². The molecule has 1 aromatic carbocycles.